The van der Waals surface area contributed by atoms with E-state index in [4.69, 9.17) is 5.73 Å². The number of nitrogens with two attached hydrogens (primary N) is 1. The Labute approximate surface area is 84.2 Å². The second-order valence-electron chi connectivity index (χ2n) is 4.20. The molecule has 0 aromatic carbocycles. The molecule has 0 spiro atoms. The molecular formula is C12H14N2. The quantitative estimate of drug-likeness (QED) is 0.676. The molecule has 1 aliphatic carbocycles. The van der Waals surface area contributed by atoms with Crippen LogP contribution in [0.1, 0.15) is 25.1 Å². The van der Waals surface area contributed by atoms with Crippen molar-refractivity contribution in [2.45, 2.75) is 13.8 Å². The molecule has 72 valence electrons. The minimum absolute atomic E-state index is 0.0927. The number of rotatable bonds is 0. The molecule has 1 aromatic heterocycles. The van der Waals surface area contributed by atoms with Gasteiger partial charge in [-0.2, -0.15) is 0 Å². The SMILES string of the molecule is CC1(C)C=Cc2ccc(N)nc2C=C1. The molecule has 0 bridgehead atoms. The number of aromatic nitrogens is 1. The number of hydrogen-bond donors (Lipinski definition) is 1. The maximum atomic E-state index is 5.63. The largest absolute Gasteiger partial charge is 0.384 e. The van der Waals surface area contributed by atoms with E-state index in [2.05, 4.69) is 37.1 Å². The number of pyridine rings is 1. The van der Waals surface area contributed by atoms with Crippen LogP contribution in [0.2, 0.25) is 0 Å². The number of allylic oxidation sites excluding steroid dienone is 2. The highest BCUT2D eigenvalue weighted by atomic mass is 14.8. The van der Waals surface area contributed by atoms with E-state index in [1.54, 1.807) is 0 Å². The maximum Gasteiger partial charge on any atom is 0.124 e. The van der Waals surface area contributed by atoms with Crippen LogP contribution in [0, 0.1) is 5.41 Å². The summed E-state index contributed by atoms with van der Waals surface area (Å²) in [7, 11) is 0. The molecular weight excluding hydrogens is 172 g/mol. The van der Waals surface area contributed by atoms with Crippen LogP contribution in [0.25, 0.3) is 12.2 Å². The normalized spacial score (nSPS) is 17.6. The third-order valence-corrected chi connectivity index (χ3v) is 2.34. The maximum absolute atomic E-state index is 5.63. The summed E-state index contributed by atoms with van der Waals surface area (Å²) in [5.74, 6) is 0.571. The van der Waals surface area contributed by atoms with Crippen LogP contribution in [0.3, 0.4) is 0 Å². The fourth-order valence-corrected chi connectivity index (χ4v) is 1.43. The third kappa shape index (κ3) is 1.69. The molecule has 0 fully saturated rings. The first-order chi connectivity index (χ1) is 6.57. The second kappa shape index (κ2) is 2.98. The van der Waals surface area contributed by atoms with Gasteiger partial charge in [-0.3, -0.25) is 0 Å². The zero-order valence-electron chi connectivity index (χ0n) is 8.49. The minimum atomic E-state index is 0.0927. The van der Waals surface area contributed by atoms with Crippen LogP contribution in [0.15, 0.2) is 24.3 Å². The van der Waals surface area contributed by atoms with Crippen LogP contribution in [0.4, 0.5) is 5.82 Å². The van der Waals surface area contributed by atoms with E-state index >= 15 is 0 Å². The van der Waals surface area contributed by atoms with Gasteiger partial charge in [-0.25, -0.2) is 4.98 Å². The highest BCUT2D eigenvalue weighted by Gasteiger charge is 2.12. The highest BCUT2D eigenvalue weighted by Crippen LogP contribution is 2.26. The van der Waals surface area contributed by atoms with Crippen LogP contribution < -0.4 is 5.73 Å². The topological polar surface area (TPSA) is 38.9 Å². The summed E-state index contributed by atoms with van der Waals surface area (Å²) in [4.78, 5) is 4.28. The lowest BCUT2D eigenvalue weighted by Gasteiger charge is -2.11. The summed E-state index contributed by atoms with van der Waals surface area (Å²) in [6.07, 6.45) is 8.45. The first-order valence-corrected chi connectivity index (χ1v) is 4.72. The van der Waals surface area contributed by atoms with Gasteiger partial charge in [0.15, 0.2) is 0 Å². The predicted octanol–water partition coefficient (Wildman–Crippen LogP) is 2.73. The van der Waals surface area contributed by atoms with Crippen molar-refractivity contribution in [1.29, 1.82) is 0 Å². The molecule has 0 atom stereocenters. The molecule has 2 N–H and O–H groups in total. The Balaban J connectivity index is 2.54. The van der Waals surface area contributed by atoms with Gasteiger partial charge in [0.25, 0.3) is 0 Å². The summed E-state index contributed by atoms with van der Waals surface area (Å²) >= 11 is 0. The molecule has 1 heterocycles. The zero-order valence-corrected chi connectivity index (χ0v) is 8.49. The lowest BCUT2D eigenvalue weighted by molar-refractivity contribution is 0.633. The van der Waals surface area contributed by atoms with Gasteiger partial charge in [-0.05, 0) is 18.2 Å². The minimum Gasteiger partial charge on any atom is -0.384 e. The van der Waals surface area contributed by atoms with E-state index in [1.165, 1.54) is 0 Å². The molecule has 0 amide bonds. The van der Waals surface area contributed by atoms with Crippen molar-refractivity contribution in [3.05, 3.63) is 35.5 Å². The van der Waals surface area contributed by atoms with E-state index in [0.29, 0.717) is 5.82 Å². The Morgan fingerprint density at radius 1 is 1.14 bits per heavy atom. The fourth-order valence-electron chi connectivity index (χ4n) is 1.43. The summed E-state index contributed by atoms with van der Waals surface area (Å²) in [5, 5.41) is 0. The predicted molar refractivity (Wildman–Crippen MR) is 60.5 cm³/mol. The van der Waals surface area contributed by atoms with Gasteiger partial charge in [0.05, 0.1) is 5.69 Å². The molecule has 1 aliphatic rings. The van der Waals surface area contributed by atoms with Gasteiger partial charge in [-0.15, -0.1) is 0 Å². The van der Waals surface area contributed by atoms with Crippen molar-refractivity contribution in [2.75, 3.05) is 5.73 Å². The number of hydrogen-bond acceptors (Lipinski definition) is 2. The number of nitrogen functional groups attached to an aromatic ring is 1. The Morgan fingerprint density at radius 2 is 1.86 bits per heavy atom. The van der Waals surface area contributed by atoms with E-state index in [1.807, 2.05) is 18.2 Å². The molecule has 2 heteroatoms. The Bertz CT molecular complexity index is 414. The van der Waals surface area contributed by atoms with Gasteiger partial charge in [-0.1, -0.05) is 32.1 Å². The molecule has 0 aliphatic heterocycles. The first kappa shape index (κ1) is 9.00. The molecule has 2 nitrogen and oxygen atoms in total. The number of nitrogens with zero attached hydrogens (tertiary/aromatic N) is 1. The van der Waals surface area contributed by atoms with E-state index in [9.17, 15) is 0 Å². The van der Waals surface area contributed by atoms with Gasteiger partial charge < -0.3 is 5.73 Å². The van der Waals surface area contributed by atoms with Crippen molar-refractivity contribution in [3.63, 3.8) is 0 Å². The monoisotopic (exact) mass is 186 g/mol. The fraction of sp³-hybridized carbons (Fsp3) is 0.250. The summed E-state index contributed by atoms with van der Waals surface area (Å²) in [5.41, 5.74) is 7.80. The van der Waals surface area contributed by atoms with Crippen LogP contribution in [-0.2, 0) is 0 Å². The summed E-state index contributed by atoms with van der Waals surface area (Å²) in [6, 6.07) is 3.83. The van der Waals surface area contributed by atoms with Crippen molar-refractivity contribution < 1.29 is 0 Å². The van der Waals surface area contributed by atoms with Crippen molar-refractivity contribution in [1.82, 2.24) is 4.98 Å². The first-order valence-electron chi connectivity index (χ1n) is 4.72. The second-order valence-corrected chi connectivity index (χ2v) is 4.20. The van der Waals surface area contributed by atoms with Crippen LogP contribution in [0.5, 0.6) is 0 Å². The summed E-state index contributed by atoms with van der Waals surface area (Å²) in [6.45, 7) is 4.32. The van der Waals surface area contributed by atoms with Crippen molar-refractivity contribution in [3.8, 4) is 0 Å². The molecule has 1 aromatic rings. The summed E-state index contributed by atoms with van der Waals surface area (Å²) < 4.78 is 0. The standard InChI is InChI=1S/C12H14N2/c1-12(2)7-5-9-3-4-11(13)14-10(9)6-8-12/h3-8H,1-2H3,(H2,13,14). The average molecular weight is 186 g/mol. The Kier molecular flexibility index (Phi) is 1.92. The Hall–Kier alpha value is -1.57. The average Bonchev–Trinajstić information content (AvgIpc) is 2.26. The van der Waals surface area contributed by atoms with Crippen LogP contribution in [-0.4, -0.2) is 4.98 Å². The lowest BCUT2D eigenvalue weighted by atomic mass is 9.93. The molecule has 2 rings (SSSR count). The molecule has 14 heavy (non-hydrogen) atoms. The van der Waals surface area contributed by atoms with Gasteiger partial charge in [0.2, 0.25) is 0 Å². The molecule has 0 radical (unpaired) electrons. The van der Waals surface area contributed by atoms with Gasteiger partial charge in [0.1, 0.15) is 5.82 Å². The highest BCUT2D eigenvalue weighted by molar-refractivity contribution is 5.67. The zero-order chi connectivity index (χ0) is 10.2. The number of anilines is 1. The molecule has 0 saturated heterocycles. The van der Waals surface area contributed by atoms with Gasteiger partial charge >= 0.3 is 0 Å². The van der Waals surface area contributed by atoms with E-state index in [0.717, 1.165) is 11.3 Å². The number of fused-ring (bicyclic) bond motifs is 1. The smallest absolute Gasteiger partial charge is 0.124 e. The van der Waals surface area contributed by atoms with Crippen LogP contribution >= 0.6 is 0 Å². The van der Waals surface area contributed by atoms with Crippen molar-refractivity contribution >= 4 is 18.0 Å². The van der Waals surface area contributed by atoms with E-state index in [-0.39, 0.29) is 5.41 Å². The molecule has 0 unspecified atom stereocenters. The Morgan fingerprint density at radius 3 is 2.64 bits per heavy atom. The molecule has 0 saturated carbocycles. The van der Waals surface area contributed by atoms with Gasteiger partial charge in [0, 0.05) is 11.0 Å². The lowest BCUT2D eigenvalue weighted by Crippen LogP contribution is -2.00. The van der Waals surface area contributed by atoms with Crippen molar-refractivity contribution in [2.24, 2.45) is 5.41 Å². The third-order valence-electron chi connectivity index (χ3n) is 2.34. The van der Waals surface area contributed by atoms with E-state index < -0.39 is 0 Å².